The number of aldehydes is 8. The molecule has 0 atom stereocenters. The van der Waals surface area contributed by atoms with E-state index >= 15 is 0 Å². The molecule has 0 heterocycles. The van der Waals surface area contributed by atoms with E-state index in [1.54, 1.807) is 97.1 Å². The van der Waals surface area contributed by atoms with Gasteiger partial charge in [0.05, 0.1) is 0 Å². The van der Waals surface area contributed by atoms with Crippen molar-refractivity contribution in [3.05, 3.63) is 239 Å². The molecule has 75 heavy (non-hydrogen) atoms. The molecule has 0 saturated carbocycles. The predicted molar refractivity (Wildman–Crippen MR) is 250 cm³/mol. The number of benzene rings is 8. The second-order valence-corrected chi connectivity index (χ2v) is 13.2. The molecule has 16 nitrogen and oxygen atoms in total. The van der Waals surface area contributed by atoms with Gasteiger partial charge in [0.25, 0.3) is 0 Å². The molecule has 19 heteroatoms. The van der Waals surface area contributed by atoms with Crippen LogP contribution >= 0.6 is 0 Å². The van der Waals surface area contributed by atoms with E-state index in [0.29, 0.717) is 50.3 Å². The molecule has 0 aliphatic carbocycles. The third kappa shape index (κ3) is 29.8. The summed E-state index contributed by atoms with van der Waals surface area (Å²) in [5.74, 6) is -1.72. The van der Waals surface area contributed by atoms with Crippen LogP contribution in [0.4, 0.5) is 0 Å². The fraction of sp³-hybridized carbons (Fsp3) is 0. The van der Waals surface area contributed by atoms with Crippen LogP contribution < -0.4 is 40.9 Å². The molecule has 387 valence electrons. The maximum absolute atomic E-state index is 10.6. The van der Waals surface area contributed by atoms with Gasteiger partial charge in [0.15, 0.2) is 0 Å². The molecular formula is C56H40Dy2MnO16. The SMILES string of the molecule is O=Cc1ccccc1[O-].O=Cc1ccccc1[O-].O=Cc1ccccc1[O-].O=Cc1ccccc1[O-].O=Cc1ccccc1[O-].O=Cc1ccccc1[O-].O=Cc1ccccc1[O-].O=Cc1ccccc1[O-].[Dy+3].[Dy+3].[Mn+2]. The average molecular weight is 1350 g/mol. The van der Waals surface area contributed by atoms with Crippen molar-refractivity contribution in [2.24, 2.45) is 0 Å². The van der Waals surface area contributed by atoms with E-state index in [1.807, 2.05) is 0 Å². The first-order valence-electron chi connectivity index (χ1n) is 20.4. The molecule has 8 aromatic rings. The molecule has 0 aromatic heterocycles. The van der Waals surface area contributed by atoms with Crippen LogP contribution in [-0.2, 0) is 17.1 Å². The maximum atomic E-state index is 10.6. The largest absolute Gasteiger partial charge is 3.00 e. The number of hydrogen-bond donors (Lipinski definition) is 0. The first-order valence-corrected chi connectivity index (χ1v) is 20.4. The van der Waals surface area contributed by atoms with Gasteiger partial charge in [-0.3, -0.25) is 38.4 Å². The van der Waals surface area contributed by atoms with Crippen molar-refractivity contribution in [3.63, 3.8) is 0 Å². The third-order valence-electron chi connectivity index (χ3n) is 8.37. The normalized spacial score (nSPS) is 8.53. The Bertz CT molecular complexity index is 2360. The molecule has 0 N–H and O–H groups in total. The number of carbonyl (C=O) groups excluding carboxylic acids is 8. The van der Waals surface area contributed by atoms with Gasteiger partial charge in [-0.25, -0.2) is 0 Å². The summed E-state index contributed by atoms with van der Waals surface area (Å²) in [6.07, 6.45) is 4.46. The molecule has 0 spiro atoms. The topological polar surface area (TPSA) is 321 Å². The van der Waals surface area contributed by atoms with Gasteiger partial charge in [-0.05, 0) is 0 Å². The van der Waals surface area contributed by atoms with E-state index in [4.69, 9.17) is 0 Å². The van der Waals surface area contributed by atoms with Crippen LogP contribution in [0.25, 0.3) is 0 Å². The van der Waals surface area contributed by atoms with Gasteiger partial charge in [-0.2, -0.15) is 0 Å². The van der Waals surface area contributed by atoms with E-state index in [2.05, 4.69) is 0 Å². The molecule has 0 unspecified atom stereocenters. The zero-order valence-electron chi connectivity index (χ0n) is 38.6. The number of para-hydroxylation sites is 8. The molecule has 0 bridgehead atoms. The first-order chi connectivity index (χ1) is 34.7. The Kier molecular flexibility index (Phi) is 42.2. The Morgan fingerprint density at radius 1 is 0.187 bits per heavy atom. The quantitative estimate of drug-likeness (QED) is 0.148. The molecule has 0 saturated heterocycles. The second-order valence-electron chi connectivity index (χ2n) is 13.2. The summed E-state index contributed by atoms with van der Waals surface area (Å²) >= 11 is 0. The molecule has 8 aromatic carbocycles. The molecule has 0 amide bonds. The van der Waals surface area contributed by atoms with Gasteiger partial charge in [-0.15, -0.1) is 0 Å². The van der Waals surface area contributed by atoms with Gasteiger partial charge in [0.1, 0.15) is 50.3 Å². The van der Waals surface area contributed by atoms with E-state index in [1.165, 1.54) is 97.1 Å². The Morgan fingerprint density at radius 3 is 0.320 bits per heavy atom. The van der Waals surface area contributed by atoms with Crippen molar-refractivity contribution in [2.45, 2.75) is 0 Å². The molecule has 0 aliphatic rings. The van der Waals surface area contributed by atoms with Crippen LogP contribution in [0.15, 0.2) is 194 Å². The third-order valence-corrected chi connectivity index (χ3v) is 8.37. The number of hydrogen-bond acceptors (Lipinski definition) is 16. The van der Waals surface area contributed by atoms with Crippen molar-refractivity contribution in [3.8, 4) is 46.0 Å². The minimum Gasteiger partial charge on any atom is -0.872 e. The minimum absolute atomic E-state index is 0. The summed E-state index contributed by atoms with van der Waals surface area (Å²) in [5, 5.41) is 85.0. The van der Waals surface area contributed by atoms with Crippen molar-refractivity contribution in [1.29, 1.82) is 0 Å². The van der Waals surface area contributed by atoms with E-state index in [0.717, 1.165) is 0 Å². The van der Waals surface area contributed by atoms with Crippen LogP contribution in [0.3, 0.4) is 0 Å². The summed E-state index contributed by atoms with van der Waals surface area (Å²) in [6.45, 7) is 0. The summed E-state index contributed by atoms with van der Waals surface area (Å²) in [6, 6.07) is 49.0. The van der Waals surface area contributed by atoms with Gasteiger partial charge >= 0.3 is 93.4 Å². The maximum Gasteiger partial charge on any atom is 3.00 e. The van der Waals surface area contributed by atoms with Crippen LogP contribution in [0.1, 0.15) is 82.9 Å². The summed E-state index contributed by atoms with van der Waals surface area (Å²) in [4.78, 5) is 80.2. The van der Waals surface area contributed by atoms with Crippen molar-refractivity contribution >= 4 is 50.3 Å². The van der Waals surface area contributed by atoms with Crippen LogP contribution in [0.2, 0.25) is 0 Å². The fourth-order valence-electron chi connectivity index (χ4n) is 4.62. The van der Waals surface area contributed by atoms with Gasteiger partial charge in [-0.1, -0.05) is 240 Å². The monoisotopic (exact) mass is 1350 g/mol. The first kappa shape index (κ1) is 71.8. The number of rotatable bonds is 8. The Labute approximate surface area is 502 Å². The summed E-state index contributed by atoms with van der Waals surface area (Å²) in [7, 11) is 0. The predicted octanol–water partition coefficient (Wildman–Crippen LogP) is 4.58. The zero-order valence-corrected chi connectivity index (χ0v) is 43.9. The van der Waals surface area contributed by atoms with Crippen LogP contribution in [-0.4, -0.2) is 50.3 Å². The number of carbonyl (C=O) groups is 8. The van der Waals surface area contributed by atoms with E-state index in [-0.39, 0.29) is 184 Å². The zero-order chi connectivity index (χ0) is 53.5. The van der Waals surface area contributed by atoms with Crippen molar-refractivity contribution in [1.82, 2.24) is 0 Å². The molecule has 0 aliphatic heterocycles. The van der Waals surface area contributed by atoms with Crippen molar-refractivity contribution in [2.75, 3.05) is 0 Å². The van der Waals surface area contributed by atoms with Gasteiger partial charge < -0.3 is 40.9 Å². The standard InChI is InChI=1S/8C7H6O2.2Dy.Mn/c8*8-5-6-3-1-2-4-7(6)9;;;/h8*1-5,9H;;;/q;;;;;;;;2*+3;+2/p-8. The molecule has 3 radical (unpaired) electrons. The molecule has 8 rings (SSSR count). The summed E-state index contributed by atoms with van der Waals surface area (Å²) < 4.78 is 0. The smallest absolute Gasteiger partial charge is 0.872 e. The van der Waals surface area contributed by atoms with Crippen LogP contribution in [0, 0.1) is 76.3 Å². The average Bonchev–Trinajstić information content (AvgIpc) is 3.41. The second kappa shape index (κ2) is 44.1. The van der Waals surface area contributed by atoms with Crippen LogP contribution in [0.5, 0.6) is 46.0 Å². The fourth-order valence-corrected chi connectivity index (χ4v) is 4.62. The Balaban J connectivity index is -0.000000785. The minimum atomic E-state index is -0.215. The molecular weight excluding hydrogens is 1310 g/mol. The van der Waals surface area contributed by atoms with E-state index < -0.39 is 0 Å². The van der Waals surface area contributed by atoms with E-state index in [9.17, 15) is 79.2 Å². The Hall–Kier alpha value is -7.42. The van der Waals surface area contributed by atoms with Gasteiger partial charge in [0, 0.05) is 44.5 Å². The summed E-state index contributed by atoms with van der Waals surface area (Å²) in [5.41, 5.74) is 1.76. The molecule has 0 fully saturated rings. The van der Waals surface area contributed by atoms with Crippen molar-refractivity contribution < 1.29 is 173 Å². The van der Waals surface area contributed by atoms with Gasteiger partial charge in [0.2, 0.25) is 0 Å². The Morgan fingerprint density at radius 2 is 0.267 bits per heavy atom.